The Kier molecular flexibility index (Phi) is 3.71. The summed E-state index contributed by atoms with van der Waals surface area (Å²) in [5.74, 6) is 0.457. The van der Waals surface area contributed by atoms with Crippen LogP contribution in [-0.4, -0.2) is 31.1 Å². The van der Waals surface area contributed by atoms with Gasteiger partial charge in [0, 0.05) is 18.9 Å². The molecule has 0 aromatic heterocycles. The van der Waals surface area contributed by atoms with Gasteiger partial charge in [0.15, 0.2) is 5.79 Å². The van der Waals surface area contributed by atoms with Gasteiger partial charge in [0.1, 0.15) is 11.9 Å². The van der Waals surface area contributed by atoms with E-state index < -0.39 is 5.79 Å². The van der Waals surface area contributed by atoms with Crippen molar-refractivity contribution >= 4 is 0 Å². The van der Waals surface area contributed by atoms with Gasteiger partial charge in [-0.1, -0.05) is 12.1 Å². The van der Waals surface area contributed by atoms with Crippen molar-refractivity contribution in [3.8, 4) is 5.75 Å². The first-order valence-electron chi connectivity index (χ1n) is 7.35. The number of nitrogens with two attached hydrogens (primary N) is 1. The Morgan fingerprint density at radius 1 is 1.25 bits per heavy atom. The number of hydrogen-bond acceptors (Lipinski definition) is 4. The second-order valence-electron chi connectivity index (χ2n) is 5.94. The fourth-order valence-electron chi connectivity index (χ4n) is 3.02. The minimum Gasteiger partial charge on any atom is -0.488 e. The molecule has 0 radical (unpaired) electrons. The third-order valence-electron chi connectivity index (χ3n) is 4.28. The standard InChI is InChI=1S/C16H23NO3/c1-11-3-4-12(2)14(9-11)20-15-10-16(6-5-13(15)17)18-7-8-19-16/h3-4,9,13,15H,5-8,10,17H2,1-2H3. The molecule has 1 aliphatic carbocycles. The molecule has 20 heavy (non-hydrogen) atoms. The first-order chi connectivity index (χ1) is 9.58. The van der Waals surface area contributed by atoms with E-state index >= 15 is 0 Å². The third-order valence-corrected chi connectivity index (χ3v) is 4.28. The minimum absolute atomic E-state index is 0.0355. The molecule has 2 N–H and O–H groups in total. The van der Waals surface area contributed by atoms with Crippen LogP contribution in [0.5, 0.6) is 5.75 Å². The quantitative estimate of drug-likeness (QED) is 0.901. The monoisotopic (exact) mass is 277 g/mol. The van der Waals surface area contributed by atoms with E-state index in [1.54, 1.807) is 0 Å². The van der Waals surface area contributed by atoms with E-state index in [-0.39, 0.29) is 12.1 Å². The maximum absolute atomic E-state index is 6.23. The highest BCUT2D eigenvalue weighted by atomic mass is 16.7. The molecule has 1 saturated heterocycles. The summed E-state index contributed by atoms with van der Waals surface area (Å²) in [5, 5.41) is 0. The van der Waals surface area contributed by atoms with Crippen LogP contribution in [-0.2, 0) is 9.47 Å². The summed E-state index contributed by atoms with van der Waals surface area (Å²) in [6.45, 7) is 5.47. The Morgan fingerprint density at radius 2 is 2.00 bits per heavy atom. The molecule has 0 bridgehead atoms. The van der Waals surface area contributed by atoms with Crippen LogP contribution in [0, 0.1) is 13.8 Å². The van der Waals surface area contributed by atoms with Gasteiger partial charge in [-0.2, -0.15) is 0 Å². The summed E-state index contributed by atoms with van der Waals surface area (Å²) in [4.78, 5) is 0. The van der Waals surface area contributed by atoms with Gasteiger partial charge in [0.05, 0.1) is 13.2 Å². The molecule has 2 fully saturated rings. The average Bonchev–Trinajstić information content (AvgIpc) is 2.87. The van der Waals surface area contributed by atoms with Crippen LogP contribution in [0.2, 0.25) is 0 Å². The highest BCUT2D eigenvalue weighted by Crippen LogP contribution is 2.37. The van der Waals surface area contributed by atoms with Crippen LogP contribution in [0.25, 0.3) is 0 Å². The van der Waals surface area contributed by atoms with E-state index in [4.69, 9.17) is 19.9 Å². The lowest BCUT2D eigenvalue weighted by molar-refractivity contribution is -0.195. The van der Waals surface area contributed by atoms with Crippen molar-refractivity contribution < 1.29 is 14.2 Å². The Hall–Kier alpha value is -1.10. The maximum Gasteiger partial charge on any atom is 0.172 e. The van der Waals surface area contributed by atoms with Gasteiger partial charge in [-0.15, -0.1) is 0 Å². The smallest absolute Gasteiger partial charge is 0.172 e. The molecule has 1 aliphatic heterocycles. The van der Waals surface area contributed by atoms with Crippen LogP contribution >= 0.6 is 0 Å². The van der Waals surface area contributed by atoms with Crippen molar-refractivity contribution in [2.24, 2.45) is 5.73 Å². The Bertz CT molecular complexity index is 483. The van der Waals surface area contributed by atoms with E-state index in [1.165, 1.54) is 5.56 Å². The summed E-state index contributed by atoms with van der Waals surface area (Å²) in [5.41, 5.74) is 8.56. The van der Waals surface area contributed by atoms with Crippen molar-refractivity contribution in [2.75, 3.05) is 13.2 Å². The summed E-state index contributed by atoms with van der Waals surface area (Å²) in [6, 6.07) is 6.28. The lowest BCUT2D eigenvalue weighted by Gasteiger charge is -2.39. The molecule has 1 aromatic rings. The first-order valence-corrected chi connectivity index (χ1v) is 7.35. The molecule has 2 aliphatic rings. The van der Waals surface area contributed by atoms with Crippen LogP contribution in [0.1, 0.15) is 30.4 Å². The van der Waals surface area contributed by atoms with Crippen LogP contribution in [0.15, 0.2) is 18.2 Å². The van der Waals surface area contributed by atoms with Crippen LogP contribution in [0.3, 0.4) is 0 Å². The molecule has 1 aromatic carbocycles. The molecule has 0 amide bonds. The van der Waals surface area contributed by atoms with Gasteiger partial charge in [-0.3, -0.25) is 0 Å². The van der Waals surface area contributed by atoms with Gasteiger partial charge in [-0.25, -0.2) is 0 Å². The van der Waals surface area contributed by atoms with Gasteiger partial charge in [0.2, 0.25) is 0 Å². The van der Waals surface area contributed by atoms with E-state index in [1.807, 2.05) is 0 Å². The number of aryl methyl sites for hydroxylation is 2. The van der Waals surface area contributed by atoms with Gasteiger partial charge in [-0.05, 0) is 37.5 Å². The zero-order valence-corrected chi connectivity index (χ0v) is 12.2. The molecule has 4 nitrogen and oxygen atoms in total. The fourth-order valence-corrected chi connectivity index (χ4v) is 3.02. The topological polar surface area (TPSA) is 53.7 Å². The zero-order valence-electron chi connectivity index (χ0n) is 12.2. The van der Waals surface area contributed by atoms with Gasteiger partial charge in [0.25, 0.3) is 0 Å². The first kappa shape index (κ1) is 13.9. The van der Waals surface area contributed by atoms with Gasteiger partial charge < -0.3 is 19.9 Å². The summed E-state index contributed by atoms with van der Waals surface area (Å²) in [6.07, 6.45) is 2.39. The fraction of sp³-hybridized carbons (Fsp3) is 0.625. The molecule has 2 atom stereocenters. The third kappa shape index (κ3) is 2.68. The second kappa shape index (κ2) is 5.35. The normalized spacial score (nSPS) is 28.8. The summed E-state index contributed by atoms with van der Waals surface area (Å²) < 4.78 is 17.8. The molecule has 1 spiro atoms. The van der Waals surface area contributed by atoms with Crippen molar-refractivity contribution in [1.29, 1.82) is 0 Å². The summed E-state index contributed by atoms with van der Waals surface area (Å²) in [7, 11) is 0. The van der Waals surface area contributed by atoms with E-state index in [9.17, 15) is 0 Å². The number of ether oxygens (including phenoxy) is 3. The second-order valence-corrected chi connectivity index (χ2v) is 5.94. The highest BCUT2D eigenvalue weighted by Gasteiger charge is 2.45. The Morgan fingerprint density at radius 3 is 2.75 bits per heavy atom. The predicted molar refractivity (Wildman–Crippen MR) is 76.8 cm³/mol. The molecule has 4 heteroatoms. The molecule has 1 saturated carbocycles. The van der Waals surface area contributed by atoms with Crippen molar-refractivity contribution in [3.63, 3.8) is 0 Å². The molecule has 3 rings (SSSR count). The Balaban J connectivity index is 1.76. The van der Waals surface area contributed by atoms with Gasteiger partial charge >= 0.3 is 0 Å². The SMILES string of the molecule is Cc1ccc(C)c(OC2CC3(CCC2N)OCCO3)c1. The molecular formula is C16H23NO3. The lowest BCUT2D eigenvalue weighted by Crippen LogP contribution is -2.51. The van der Waals surface area contributed by atoms with E-state index in [0.717, 1.165) is 24.2 Å². The molecule has 2 unspecified atom stereocenters. The number of hydrogen-bond donors (Lipinski definition) is 1. The van der Waals surface area contributed by atoms with Crippen molar-refractivity contribution in [1.82, 2.24) is 0 Å². The molecular weight excluding hydrogens is 254 g/mol. The minimum atomic E-state index is -0.460. The van der Waals surface area contributed by atoms with Crippen molar-refractivity contribution in [3.05, 3.63) is 29.3 Å². The predicted octanol–water partition coefficient (Wildman–Crippen LogP) is 2.31. The molecule has 1 heterocycles. The molecule has 110 valence electrons. The maximum atomic E-state index is 6.23. The number of benzene rings is 1. The summed E-state index contributed by atoms with van der Waals surface area (Å²) >= 11 is 0. The average molecular weight is 277 g/mol. The largest absolute Gasteiger partial charge is 0.488 e. The lowest BCUT2D eigenvalue weighted by atomic mass is 9.88. The zero-order chi connectivity index (χ0) is 14.2. The van der Waals surface area contributed by atoms with Crippen LogP contribution in [0.4, 0.5) is 0 Å². The Labute approximate surface area is 120 Å². The number of rotatable bonds is 2. The van der Waals surface area contributed by atoms with Crippen LogP contribution < -0.4 is 10.5 Å². The van der Waals surface area contributed by atoms with Crippen molar-refractivity contribution in [2.45, 2.75) is 51.0 Å². The highest BCUT2D eigenvalue weighted by molar-refractivity contribution is 5.36. The van der Waals surface area contributed by atoms with E-state index in [0.29, 0.717) is 19.6 Å². The van der Waals surface area contributed by atoms with E-state index in [2.05, 4.69) is 32.0 Å².